The normalized spacial score (nSPS) is 50.2. The lowest BCUT2D eigenvalue weighted by Gasteiger charge is -2.48. The van der Waals surface area contributed by atoms with Crippen LogP contribution in [0.15, 0.2) is 0 Å². The quantitative estimate of drug-likeness (QED) is 0.182. The number of nitrogens with one attached hydrogen (secondary N) is 2. The Hall–Kier alpha value is -0.480. The van der Waals surface area contributed by atoms with Gasteiger partial charge < -0.3 is 62.1 Å². The smallest absolute Gasteiger partial charge is 0.185 e. The molecule has 2 aliphatic heterocycles. The van der Waals surface area contributed by atoms with Gasteiger partial charge in [-0.25, -0.2) is 0 Å². The fraction of sp³-hybridized carbons (Fsp3) is 1.00. The molecule has 12 nitrogen and oxygen atoms in total. The van der Waals surface area contributed by atoms with Crippen molar-refractivity contribution in [1.29, 1.82) is 0 Å². The van der Waals surface area contributed by atoms with Crippen LogP contribution in [0.25, 0.3) is 0 Å². The minimum Gasteiger partial charge on any atom is -0.388 e. The number of hydrogen-bond acceptors (Lipinski definition) is 12. The second-order valence-electron chi connectivity index (χ2n) is 9.91. The van der Waals surface area contributed by atoms with E-state index in [0.29, 0.717) is 12.8 Å². The standard InChI is InChI=1S/C21H43N5O7/c1-9(25-3)13-6-5-10(22)19(31-13)32-16-11(23)7-12(24)17(14(16)27)33-20-15(28)18(26-4)21(2,29)8-30-20/h9-20,25-29H,5-8,22-24H2,1-4H3/t9-,10-,11-,12-,13-,14+,15+,16-,17-,18-,19-,20+,21-/m0/s1. The molecule has 1 saturated carbocycles. The molecular formula is C21H43N5O7. The third-order valence-corrected chi connectivity index (χ3v) is 7.24. The Morgan fingerprint density at radius 3 is 2.15 bits per heavy atom. The predicted octanol–water partition coefficient (Wildman–Crippen LogP) is -3.33. The molecule has 1 aliphatic carbocycles. The molecule has 194 valence electrons. The maximum atomic E-state index is 11.1. The number of hydrogen-bond donors (Lipinski definition) is 8. The van der Waals surface area contributed by atoms with Gasteiger partial charge in [-0.05, 0) is 47.2 Å². The topological polar surface area (TPSA) is 200 Å². The lowest BCUT2D eigenvalue weighted by atomic mass is 9.84. The van der Waals surface area contributed by atoms with E-state index in [4.69, 9.17) is 36.1 Å². The molecule has 0 aromatic rings. The van der Waals surface area contributed by atoms with Crippen LogP contribution in [0.4, 0.5) is 0 Å². The summed E-state index contributed by atoms with van der Waals surface area (Å²) in [5, 5.41) is 38.3. The van der Waals surface area contributed by atoms with Gasteiger partial charge in [0.1, 0.15) is 30.0 Å². The summed E-state index contributed by atoms with van der Waals surface area (Å²) in [5.74, 6) is 0. The van der Waals surface area contributed by atoms with Crippen LogP contribution in [0, 0.1) is 0 Å². The molecule has 0 aromatic carbocycles. The molecule has 11 N–H and O–H groups in total. The van der Waals surface area contributed by atoms with Gasteiger partial charge in [-0.15, -0.1) is 0 Å². The summed E-state index contributed by atoms with van der Waals surface area (Å²) >= 11 is 0. The van der Waals surface area contributed by atoms with E-state index in [1.54, 1.807) is 14.0 Å². The van der Waals surface area contributed by atoms with E-state index < -0.39 is 60.7 Å². The summed E-state index contributed by atoms with van der Waals surface area (Å²) in [4.78, 5) is 0. The molecule has 0 bridgehead atoms. The molecule has 3 rings (SSSR count). The van der Waals surface area contributed by atoms with Crippen LogP contribution in [-0.2, 0) is 18.9 Å². The van der Waals surface area contributed by atoms with Gasteiger partial charge in [0.2, 0.25) is 0 Å². The lowest BCUT2D eigenvalue weighted by molar-refractivity contribution is -0.307. The van der Waals surface area contributed by atoms with Crippen LogP contribution in [0.3, 0.4) is 0 Å². The Kier molecular flexibility index (Phi) is 9.09. The number of rotatable bonds is 7. The first-order chi connectivity index (χ1) is 15.5. The van der Waals surface area contributed by atoms with Crippen molar-refractivity contribution in [2.45, 2.75) is 112 Å². The van der Waals surface area contributed by atoms with Crippen molar-refractivity contribution < 1.29 is 34.3 Å². The van der Waals surface area contributed by atoms with Crippen molar-refractivity contribution >= 4 is 0 Å². The van der Waals surface area contributed by atoms with Crippen molar-refractivity contribution in [1.82, 2.24) is 10.6 Å². The number of ether oxygens (including phenoxy) is 4. The van der Waals surface area contributed by atoms with E-state index in [1.807, 2.05) is 14.0 Å². The van der Waals surface area contributed by atoms with Gasteiger partial charge in [0.25, 0.3) is 0 Å². The predicted molar refractivity (Wildman–Crippen MR) is 120 cm³/mol. The van der Waals surface area contributed by atoms with E-state index in [9.17, 15) is 15.3 Å². The van der Waals surface area contributed by atoms with Crippen LogP contribution < -0.4 is 27.8 Å². The van der Waals surface area contributed by atoms with Gasteiger partial charge in [-0.1, -0.05) is 0 Å². The first-order valence-corrected chi connectivity index (χ1v) is 11.8. The van der Waals surface area contributed by atoms with Gasteiger partial charge in [0, 0.05) is 18.1 Å². The van der Waals surface area contributed by atoms with E-state index in [0.717, 1.165) is 6.42 Å². The number of aliphatic hydroxyl groups is 3. The average molecular weight is 478 g/mol. The number of nitrogens with two attached hydrogens (primary N) is 3. The van der Waals surface area contributed by atoms with E-state index in [2.05, 4.69) is 10.6 Å². The fourth-order valence-electron chi connectivity index (χ4n) is 5.04. The molecule has 13 atom stereocenters. The van der Waals surface area contributed by atoms with Crippen LogP contribution in [0.1, 0.15) is 33.1 Å². The summed E-state index contributed by atoms with van der Waals surface area (Å²) in [5.41, 5.74) is 17.5. The Balaban J connectivity index is 1.68. The molecule has 0 radical (unpaired) electrons. The van der Waals surface area contributed by atoms with Crippen molar-refractivity contribution in [2.24, 2.45) is 17.2 Å². The molecule has 0 spiro atoms. The molecule has 2 heterocycles. The highest BCUT2D eigenvalue weighted by Gasteiger charge is 2.50. The van der Waals surface area contributed by atoms with Gasteiger partial charge in [-0.3, -0.25) is 0 Å². The molecule has 0 amide bonds. The zero-order valence-electron chi connectivity index (χ0n) is 20.0. The minimum absolute atomic E-state index is 0.0620. The third-order valence-electron chi connectivity index (χ3n) is 7.24. The SMILES string of the molecule is CN[C@@H](C)[C@@H]1CC[C@H](N)[C@H](O[C@@H]2[C@@H](O)[C@@H](O[C@H]3OC[C@](C)(O)[C@@H](NC)[C@H]3O)[C@@H](N)C[C@@H]2N)O1. The summed E-state index contributed by atoms with van der Waals surface area (Å²) in [6.07, 6.45) is -4.22. The molecule has 0 unspecified atom stereocenters. The van der Waals surface area contributed by atoms with Gasteiger partial charge >= 0.3 is 0 Å². The largest absolute Gasteiger partial charge is 0.388 e. The Bertz CT molecular complexity index is 632. The van der Waals surface area contributed by atoms with Crippen LogP contribution in [0.5, 0.6) is 0 Å². The summed E-state index contributed by atoms with van der Waals surface area (Å²) < 4.78 is 23.7. The van der Waals surface area contributed by atoms with Crippen molar-refractivity contribution in [3.63, 3.8) is 0 Å². The maximum absolute atomic E-state index is 11.1. The van der Waals surface area contributed by atoms with Gasteiger partial charge in [-0.2, -0.15) is 0 Å². The van der Waals surface area contributed by atoms with Crippen molar-refractivity contribution in [3.05, 3.63) is 0 Å². The molecule has 2 saturated heterocycles. The molecule has 12 heteroatoms. The average Bonchev–Trinajstić information content (AvgIpc) is 2.76. The zero-order chi connectivity index (χ0) is 24.5. The molecular weight excluding hydrogens is 434 g/mol. The van der Waals surface area contributed by atoms with E-state index in [-0.39, 0.29) is 24.8 Å². The summed E-state index contributed by atoms with van der Waals surface area (Å²) in [7, 11) is 3.49. The van der Waals surface area contributed by atoms with Crippen LogP contribution in [0.2, 0.25) is 0 Å². The molecule has 3 fully saturated rings. The highest BCUT2D eigenvalue weighted by atomic mass is 16.7. The third kappa shape index (κ3) is 5.85. The first-order valence-electron chi connectivity index (χ1n) is 11.8. The fourth-order valence-corrected chi connectivity index (χ4v) is 5.04. The van der Waals surface area contributed by atoms with Crippen molar-refractivity contribution in [3.8, 4) is 0 Å². The Morgan fingerprint density at radius 1 is 0.970 bits per heavy atom. The highest BCUT2D eigenvalue weighted by molar-refractivity contribution is 5.02. The second kappa shape index (κ2) is 11.1. The van der Waals surface area contributed by atoms with E-state index >= 15 is 0 Å². The number of likely N-dealkylation sites (N-methyl/N-ethyl adjacent to an activating group) is 2. The maximum Gasteiger partial charge on any atom is 0.185 e. The summed E-state index contributed by atoms with van der Waals surface area (Å²) in [6.45, 7) is 3.52. The lowest BCUT2D eigenvalue weighted by Crippen LogP contribution is -2.68. The molecule has 33 heavy (non-hydrogen) atoms. The van der Waals surface area contributed by atoms with Gasteiger partial charge in [0.15, 0.2) is 12.6 Å². The zero-order valence-corrected chi connectivity index (χ0v) is 20.0. The Morgan fingerprint density at radius 2 is 1.58 bits per heavy atom. The minimum atomic E-state index is -1.29. The van der Waals surface area contributed by atoms with Gasteiger partial charge in [0.05, 0.1) is 24.8 Å². The molecule has 0 aromatic heterocycles. The van der Waals surface area contributed by atoms with Crippen molar-refractivity contribution in [2.75, 3.05) is 20.7 Å². The highest BCUT2D eigenvalue weighted by Crippen LogP contribution is 2.31. The van der Waals surface area contributed by atoms with Crippen LogP contribution in [-0.4, -0.2) is 115 Å². The monoisotopic (exact) mass is 477 g/mol. The van der Waals surface area contributed by atoms with Crippen LogP contribution >= 0.6 is 0 Å². The second-order valence-corrected chi connectivity index (χ2v) is 9.91. The molecule has 3 aliphatic rings. The summed E-state index contributed by atoms with van der Waals surface area (Å²) in [6, 6.07) is -2.11. The first kappa shape index (κ1) is 27.1. The van der Waals surface area contributed by atoms with E-state index in [1.165, 1.54) is 0 Å². The number of aliphatic hydroxyl groups excluding tert-OH is 2. The Labute approximate surface area is 195 Å².